The van der Waals surface area contributed by atoms with Crippen molar-refractivity contribution in [2.24, 2.45) is 0 Å². The van der Waals surface area contributed by atoms with E-state index in [4.69, 9.17) is 4.74 Å². The number of ketones is 1. The number of methoxy groups -OCH3 is 1. The number of hydrogen-bond acceptors (Lipinski definition) is 4. The van der Waals surface area contributed by atoms with Gasteiger partial charge in [-0.15, -0.1) is 0 Å². The normalized spacial score (nSPS) is 28.0. The van der Waals surface area contributed by atoms with Crippen LogP contribution in [-0.2, 0) is 0 Å². The molecular formula is C18H24N2O2. The Morgan fingerprint density at radius 3 is 2.45 bits per heavy atom. The van der Waals surface area contributed by atoms with E-state index >= 15 is 0 Å². The zero-order chi connectivity index (χ0) is 15.5. The molecule has 22 heavy (non-hydrogen) atoms. The second-order valence-corrected chi connectivity index (χ2v) is 6.31. The Kier molecular flexibility index (Phi) is 4.48. The third kappa shape index (κ3) is 3.17. The van der Waals surface area contributed by atoms with E-state index in [0.717, 1.165) is 5.75 Å². The molecule has 0 amide bonds. The molecule has 1 N–H and O–H groups in total. The molecule has 0 aliphatic carbocycles. The molecule has 2 bridgehead atoms. The van der Waals surface area contributed by atoms with Gasteiger partial charge < -0.3 is 15.0 Å². The second-order valence-electron chi connectivity index (χ2n) is 6.31. The van der Waals surface area contributed by atoms with Crippen molar-refractivity contribution in [3.05, 3.63) is 42.1 Å². The Morgan fingerprint density at radius 2 is 1.86 bits per heavy atom. The smallest absolute Gasteiger partial charge is 0.187 e. The minimum atomic E-state index is 0.0195. The molecule has 3 rings (SSSR count). The van der Waals surface area contributed by atoms with E-state index in [1.54, 1.807) is 25.3 Å². The third-order valence-corrected chi connectivity index (χ3v) is 5.04. The van der Waals surface area contributed by atoms with Gasteiger partial charge in [-0.2, -0.15) is 0 Å². The average molecular weight is 300 g/mol. The van der Waals surface area contributed by atoms with Gasteiger partial charge in [-0.3, -0.25) is 4.79 Å². The number of allylic oxidation sites excluding steroid dienone is 1. The van der Waals surface area contributed by atoms with Crippen molar-refractivity contribution in [3.8, 4) is 5.75 Å². The highest BCUT2D eigenvalue weighted by molar-refractivity contribution is 6.04. The summed E-state index contributed by atoms with van der Waals surface area (Å²) < 4.78 is 5.10. The predicted octanol–water partition coefficient (Wildman–Crippen LogP) is 2.61. The summed E-state index contributed by atoms with van der Waals surface area (Å²) in [5, 5.41) is 3.41. The molecule has 0 unspecified atom stereocenters. The summed E-state index contributed by atoms with van der Waals surface area (Å²) in [5.74, 6) is 0.784. The lowest BCUT2D eigenvalue weighted by Crippen LogP contribution is -2.45. The molecule has 2 atom stereocenters. The summed E-state index contributed by atoms with van der Waals surface area (Å²) in [6.45, 7) is 0. The van der Waals surface area contributed by atoms with E-state index in [2.05, 4.69) is 17.3 Å². The van der Waals surface area contributed by atoms with Crippen molar-refractivity contribution in [1.82, 2.24) is 10.2 Å². The SMILES string of the molecule is COc1ccc(C(=O)/C=C/NC2C[C@H]3CC[C@H](C2)N3C)cc1. The van der Waals surface area contributed by atoms with E-state index in [1.807, 2.05) is 18.3 Å². The van der Waals surface area contributed by atoms with Gasteiger partial charge in [-0.1, -0.05) is 0 Å². The van der Waals surface area contributed by atoms with Crippen LogP contribution in [0.25, 0.3) is 0 Å². The van der Waals surface area contributed by atoms with Gasteiger partial charge in [0.05, 0.1) is 7.11 Å². The highest BCUT2D eigenvalue weighted by Gasteiger charge is 2.37. The minimum absolute atomic E-state index is 0.0195. The first-order valence-electron chi connectivity index (χ1n) is 8.00. The molecule has 0 aromatic heterocycles. The summed E-state index contributed by atoms with van der Waals surface area (Å²) >= 11 is 0. The van der Waals surface area contributed by atoms with Crippen molar-refractivity contribution in [1.29, 1.82) is 0 Å². The van der Waals surface area contributed by atoms with Crippen LogP contribution in [0.15, 0.2) is 36.5 Å². The summed E-state index contributed by atoms with van der Waals surface area (Å²) in [5.41, 5.74) is 0.683. The van der Waals surface area contributed by atoms with E-state index < -0.39 is 0 Å². The number of piperidine rings is 1. The highest BCUT2D eigenvalue weighted by Crippen LogP contribution is 2.34. The molecule has 0 radical (unpaired) electrons. The molecule has 118 valence electrons. The highest BCUT2D eigenvalue weighted by atomic mass is 16.5. The third-order valence-electron chi connectivity index (χ3n) is 5.04. The number of benzene rings is 1. The summed E-state index contributed by atoms with van der Waals surface area (Å²) in [6, 6.07) is 9.12. The quantitative estimate of drug-likeness (QED) is 0.670. The van der Waals surface area contributed by atoms with E-state index in [0.29, 0.717) is 23.7 Å². The molecule has 0 saturated carbocycles. The maximum absolute atomic E-state index is 12.1. The van der Waals surface area contributed by atoms with Gasteiger partial charge in [0.2, 0.25) is 0 Å². The molecule has 4 heteroatoms. The van der Waals surface area contributed by atoms with Gasteiger partial charge in [0.15, 0.2) is 5.78 Å². The van der Waals surface area contributed by atoms with Gasteiger partial charge >= 0.3 is 0 Å². The Labute approximate surface area is 132 Å². The minimum Gasteiger partial charge on any atom is -0.497 e. The Morgan fingerprint density at radius 1 is 1.23 bits per heavy atom. The van der Waals surface area contributed by atoms with E-state index in [-0.39, 0.29) is 5.78 Å². The largest absolute Gasteiger partial charge is 0.497 e. The van der Waals surface area contributed by atoms with Gasteiger partial charge in [-0.05, 0) is 57.0 Å². The fourth-order valence-corrected chi connectivity index (χ4v) is 3.66. The van der Waals surface area contributed by atoms with Crippen LogP contribution in [0.5, 0.6) is 5.75 Å². The van der Waals surface area contributed by atoms with Crippen LogP contribution in [0.1, 0.15) is 36.0 Å². The zero-order valence-electron chi connectivity index (χ0n) is 13.3. The molecule has 2 saturated heterocycles. The summed E-state index contributed by atoms with van der Waals surface area (Å²) in [7, 11) is 3.86. The van der Waals surface area contributed by atoms with Crippen LogP contribution in [-0.4, -0.2) is 43.0 Å². The lowest BCUT2D eigenvalue weighted by molar-refractivity contribution is 0.104. The number of ether oxygens (including phenoxy) is 1. The topological polar surface area (TPSA) is 41.6 Å². The molecule has 1 aromatic rings. The number of carbonyl (C=O) groups excluding carboxylic acids is 1. The number of fused-ring (bicyclic) bond motifs is 2. The molecular weight excluding hydrogens is 276 g/mol. The fraction of sp³-hybridized carbons (Fsp3) is 0.500. The lowest BCUT2D eigenvalue weighted by atomic mass is 9.98. The van der Waals surface area contributed by atoms with Crippen LogP contribution in [0.2, 0.25) is 0 Å². The van der Waals surface area contributed by atoms with E-state index in [1.165, 1.54) is 25.7 Å². The summed E-state index contributed by atoms with van der Waals surface area (Å²) in [6.07, 6.45) is 8.42. The van der Waals surface area contributed by atoms with Crippen molar-refractivity contribution in [2.45, 2.75) is 43.8 Å². The maximum Gasteiger partial charge on any atom is 0.187 e. The first kappa shape index (κ1) is 15.1. The molecule has 2 aliphatic rings. The van der Waals surface area contributed by atoms with Crippen LogP contribution < -0.4 is 10.1 Å². The zero-order valence-corrected chi connectivity index (χ0v) is 13.3. The van der Waals surface area contributed by atoms with Crippen LogP contribution in [0, 0.1) is 0 Å². The number of hydrogen-bond donors (Lipinski definition) is 1. The maximum atomic E-state index is 12.1. The first-order valence-corrected chi connectivity index (χ1v) is 8.00. The second kappa shape index (κ2) is 6.53. The average Bonchev–Trinajstić information content (AvgIpc) is 2.76. The predicted molar refractivity (Wildman–Crippen MR) is 87.2 cm³/mol. The molecule has 2 heterocycles. The monoisotopic (exact) mass is 300 g/mol. The number of rotatable bonds is 5. The number of nitrogens with zero attached hydrogens (tertiary/aromatic N) is 1. The number of nitrogens with one attached hydrogen (secondary N) is 1. The van der Waals surface area contributed by atoms with Crippen molar-refractivity contribution >= 4 is 5.78 Å². The molecule has 2 fully saturated rings. The molecule has 0 spiro atoms. The van der Waals surface area contributed by atoms with Crippen LogP contribution >= 0.6 is 0 Å². The lowest BCUT2D eigenvalue weighted by Gasteiger charge is -2.36. The Hall–Kier alpha value is -1.81. The number of carbonyl (C=O) groups is 1. The van der Waals surface area contributed by atoms with Gasteiger partial charge in [-0.25, -0.2) is 0 Å². The van der Waals surface area contributed by atoms with Gasteiger partial charge in [0.1, 0.15) is 5.75 Å². The van der Waals surface area contributed by atoms with Crippen molar-refractivity contribution in [3.63, 3.8) is 0 Å². The van der Waals surface area contributed by atoms with Crippen LogP contribution in [0.3, 0.4) is 0 Å². The summed E-state index contributed by atoms with van der Waals surface area (Å²) in [4.78, 5) is 14.6. The molecule has 2 aliphatic heterocycles. The fourth-order valence-electron chi connectivity index (χ4n) is 3.66. The Bertz CT molecular complexity index is 539. The van der Waals surface area contributed by atoms with Gasteiger partial charge in [0.25, 0.3) is 0 Å². The van der Waals surface area contributed by atoms with Crippen molar-refractivity contribution in [2.75, 3.05) is 14.2 Å². The van der Waals surface area contributed by atoms with Gasteiger partial charge in [0, 0.05) is 36.0 Å². The Balaban J connectivity index is 1.52. The van der Waals surface area contributed by atoms with Crippen LogP contribution in [0.4, 0.5) is 0 Å². The first-order chi connectivity index (χ1) is 10.7. The molecule has 1 aromatic carbocycles. The van der Waals surface area contributed by atoms with Crippen molar-refractivity contribution < 1.29 is 9.53 Å². The van der Waals surface area contributed by atoms with E-state index in [9.17, 15) is 4.79 Å². The molecule has 4 nitrogen and oxygen atoms in total. The standard InChI is InChI=1S/C18H24N2O2/c1-20-15-5-6-16(20)12-14(11-15)19-10-9-18(21)13-3-7-17(22-2)8-4-13/h3-4,7-10,14-16,19H,5-6,11-12H2,1-2H3/b10-9+/t15-,16-/m1/s1.